The summed E-state index contributed by atoms with van der Waals surface area (Å²) in [6, 6.07) is 8.12. The van der Waals surface area contributed by atoms with Crippen LogP contribution in [0.5, 0.6) is 0 Å². The highest BCUT2D eigenvalue weighted by molar-refractivity contribution is 5.99. The molecule has 0 spiro atoms. The molecule has 0 bridgehead atoms. The minimum atomic E-state index is 0.0142. The molecule has 2 nitrogen and oxygen atoms in total. The lowest BCUT2D eigenvalue weighted by atomic mass is 9.92. The fraction of sp³-hybridized carbons (Fsp3) is 0.611. The molecule has 0 amide bonds. The molecule has 0 aliphatic carbocycles. The Morgan fingerprint density at radius 1 is 1.20 bits per heavy atom. The Labute approximate surface area is 123 Å². The van der Waals surface area contributed by atoms with Crippen LogP contribution in [0.1, 0.15) is 56.0 Å². The average molecular weight is 273 g/mol. The van der Waals surface area contributed by atoms with Crippen LogP contribution >= 0.6 is 0 Å². The number of hydrogen-bond acceptors (Lipinski definition) is 2. The van der Waals surface area contributed by atoms with Gasteiger partial charge in [0.25, 0.3) is 0 Å². The fourth-order valence-electron chi connectivity index (χ4n) is 3.06. The van der Waals surface area contributed by atoms with Crippen molar-refractivity contribution in [2.24, 2.45) is 5.92 Å². The summed E-state index contributed by atoms with van der Waals surface area (Å²) in [5, 5.41) is 0. The standard InChI is InChI=1S/C18H27NO/c1-4-15-6-8-17(9-7-15)18(20)14(3)19-12-10-16(5-2)11-13-19/h6-9,14,16H,4-5,10-13H2,1-3H3. The minimum absolute atomic E-state index is 0.0142. The summed E-state index contributed by atoms with van der Waals surface area (Å²) >= 11 is 0. The van der Waals surface area contributed by atoms with Crippen LogP contribution in [-0.4, -0.2) is 29.8 Å². The molecule has 20 heavy (non-hydrogen) atoms. The van der Waals surface area contributed by atoms with Gasteiger partial charge in [-0.1, -0.05) is 44.5 Å². The third-order valence-corrected chi connectivity index (χ3v) is 4.80. The van der Waals surface area contributed by atoms with Crippen molar-refractivity contribution in [3.8, 4) is 0 Å². The Morgan fingerprint density at radius 3 is 2.30 bits per heavy atom. The van der Waals surface area contributed by atoms with E-state index in [1.807, 2.05) is 12.1 Å². The molecule has 1 heterocycles. The molecule has 1 atom stereocenters. The predicted octanol–water partition coefficient (Wildman–Crippen LogP) is 3.94. The van der Waals surface area contributed by atoms with Crippen molar-refractivity contribution < 1.29 is 4.79 Å². The molecular formula is C18H27NO. The van der Waals surface area contributed by atoms with Gasteiger partial charge in [-0.05, 0) is 50.8 Å². The third-order valence-electron chi connectivity index (χ3n) is 4.80. The van der Waals surface area contributed by atoms with Crippen LogP contribution in [0.25, 0.3) is 0 Å². The zero-order chi connectivity index (χ0) is 14.5. The van der Waals surface area contributed by atoms with Crippen LogP contribution in [0, 0.1) is 5.92 Å². The molecule has 1 aromatic carbocycles. The minimum Gasteiger partial charge on any atom is -0.293 e. The Morgan fingerprint density at radius 2 is 1.80 bits per heavy atom. The van der Waals surface area contributed by atoms with E-state index in [4.69, 9.17) is 0 Å². The van der Waals surface area contributed by atoms with Gasteiger partial charge in [-0.3, -0.25) is 9.69 Å². The lowest BCUT2D eigenvalue weighted by molar-refractivity contribution is 0.0769. The van der Waals surface area contributed by atoms with Crippen molar-refractivity contribution in [1.29, 1.82) is 0 Å². The number of carbonyl (C=O) groups excluding carboxylic acids is 1. The summed E-state index contributed by atoms with van der Waals surface area (Å²) in [6.07, 6.45) is 4.77. The molecule has 0 saturated carbocycles. The smallest absolute Gasteiger partial charge is 0.179 e. The second-order valence-corrected chi connectivity index (χ2v) is 5.98. The van der Waals surface area contributed by atoms with Crippen molar-refractivity contribution in [3.05, 3.63) is 35.4 Å². The molecule has 1 unspecified atom stereocenters. The molecule has 1 aliphatic heterocycles. The Hall–Kier alpha value is -1.15. The summed E-state index contributed by atoms with van der Waals surface area (Å²) in [6.45, 7) is 8.60. The first-order valence-corrected chi connectivity index (χ1v) is 8.02. The molecule has 0 radical (unpaired) electrons. The summed E-state index contributed by atoms with van der Waals surface area (Å²) < 4.78 is 0. The highest BCUT2D eigenvalue weighted by atomic mass is 16.1. The number of benzene rings is 1. The lowest BCUT2D eigenvalue weighted by Crippen LogP contribution is -2.43. The zero-order valence-electron chi connectivity index (χ0n) is 13.1. The average Bonchev–Trinajstić information content (AvgIpc) is 2.53. The first kappa shape index (κ1) is 15.2. The number of likely N-dealkylation sites (tertiary alicyclic amines) is 1. The number of aryl methyl sites for hydroxylation is 1. The van der Waals surface area contributed by atoms with E-state index in [0.29, 0.717) is 0 Å². The molecule has 0 aromatic heterocycles. The highest BCUT2D eigenvalue weighted by Gasteiger charge is 2.26. The van der Waals surface area contributed by atoms with Crippen molar-refractivity contribution in [3.63, 3.8) is 0 Å². The number of piperidine rings is 1. The van der Waals surface area contributed by atoms with Crippen LogP contribution in [0.4, 0.5) is 0 Å². The Bertz CT molecular complexity index is 429. The van der Waals surface area contributed by atoms with E-state index in [0.717, 1.165) is 31.0 Å². The van der Waals surface area contributed by atoms with Gasteiger partial charge in [0, 0.05) is 5.56 Å². The summed E-state index contributed by atoms with van der Waals surface area (Å²) in [5.41, 5.74) is 2.14. The summed E-state index contributed by atoms with van der Waals surface area (Å²) in [5.74, 6) is 1.12. The molecule has 1 aromatic rings. The zero-order valence-corrected chi connectivity index (χ0v) is 13.1. The molecule has 1 saturated heterocycles. The van der Waals surface area contributed by atoms with Crippen LogP contribution in [0.15, 0.2) is 24.3 Å². The van der Waals surface area contributed by atoms with Gasteiger partial charge in [0.2, 0.25) is 0 Å². The van der Waals surface area contributed by atoms with E-state index in [2.05, 4.69) is 37.8 Å². The Kier molecular flexibility index (Phi) is 5.36. The fourth-order valence-corrected chi connectivity index (χ4v) is 3.06. The van der Waals surface area contributed by atoms with Gasteiger partial charge < -0.3 is 0 Å². The van der Waals surface area contributed by atoms with E-state index in [9.17, 15) is 4.79 Å². The molecule has 0 N–H and O–H groups in total. The van der Waals surface area contributed by atoms with Crippen LogP contribution in [-0.2, 0) is 6.42 Å². The van der Waals surface area contributed by atoms with Crippen LogP contribution in [0.2, 0.25) is 0 Å². The van der Waals surface area contributed by atoms with Crippen molar-refractivity contribution in [2.75, 3.05) is 13.1 Å². The second kappa shape index (κ2) is 7.03. The first-order chi connectivity index (χ1) is 9.65. The van der Waals surface area contributed by atoms with Crippen molar-refractivity contribution in [1.82, 2.24) is 4.90 Å². The molecule has 110 valence electrons. The monoisotopic (exact) mass is 273 g/mol. The van der Waals surface area contributed by atoms with E-state index >= 15 is 0 Å². The molecule has 1 aliphatic rings. The van der Waals surface area contributed by atoms with Crippen LogP contribution < -0.4 is 0 Å². The van der Waals surface area contributed by atoms with E-state index in [1.54, 1.807) is 0 Å². The molecule has 2 rings (SSSR count). The van der Waals surface area contributed by atoms with Crippen molar-refractivity contribution >= 4 is 5.78 Å². The topological polar surface area (TPSA) is 20.3 Å². The van der Waals surface area contributed by atoms with Gasteiger partial charge in [-0.25, -0.2) is 0 Å². The van der Waals surface area contributed by atoms with E-state index in [1.165, 1.54) is 24.8 Å². The predicted molar refractivity (Wildman–Crippen MR) is 84.2 cm³/mol. The van der Waals surface area contributed by atoms with Gasteiger partial charge in [0.05, 0.1) is 6.04 Å². The molecular weight excluding hydrogens is 246 g/mol. The quantitative estimate of drug-likeness (QED) is 0.757. The lowest BCUT2D eigenvalue weighted by Gasteiger charge is -2.35. The van der Waals surface area contributed by atoms with Crippen LogP contribution in [0.3, 0.4) is 0 Å². The van der Waals surface area contributed by atoms with Gasteiger partial charge in [-0.15, -0.1) is 0 Å². The van der Waals surface area contributed by atoms with Gasteiger partial charge in [-0.2, -0.15) is 0 Å². The number of rotatable bonds is 5. The number of hydrogen-bond donors (Lipinski definition) is 0. The number of nitrogens with zero attached hydrogens (tertiary/aromatic N) is 1. The van der Waals surface area contributed by atoms with Gasteiger partial charge in [0.15, 0.2) is 5.78 Å². The number of ketones is 1. The maximum Gasteiger partial charge on any atom is 0.179 e. The van der Waals surface area contributed by atoms with E-state index < -0.39 is 0 Å². The Balaban J connectivity index is 1.97. The third kappa shape index (κ3) is 3.49. The second-order valence-electron chi connectivity index (χ2n) is 5.98. The highest BCUT2D eigenvalue weighted by Crippen LogP contribution is 2.22. The largest absolute Gasteiger partial charge is 0.293 e. The SMILES string of the molecule is CCc1ccc(C(=O)C(C)N2CCC(CC)CC2)cc1. The number of Topliss-reactive ketones (excluding diaryl/α,β-unsaturated/α-hetero) is 1. The maximum absolute atomic E-state index is 12.6. The van der Waals surface area contributed by atoms with Gasteiger partial charge in [0.1, 0.15) is 0 Å². The molecule has 1 fully saturated rings. The number of carbonyl (C=O) groups is 1. The normalized spacial score (nSPS) is 18.9. The summed E-state index contributed by atoms with van der Waals surface area (Å²) in [4.78, 5) is 14.9. The van der Waals surface area contributed by atoms with E-state index in [-0.39, 0.29) is 11.8 Å². The molecule has 2 heteroatoms. The first-order valence-electron chi connectivity index (χ1n) is 8.02. The summed E-state index contributed by atoms with van der Waals surface area (Å²) in [7, 11) is 0. The maximum atomic E-state index is 12.6. The van der Waals surface area contributed by atoms with Gasteiger partial charge >= 0.3 is 0 Å². The van der Waals surface area contributed by atoms with Crippen molar-refractivity contribution in [2.45, 2.75) is 52.5 Å².